The number of fused-ring (bicyclic) bond motifs is 1. The third kappa shape index (κ3) is 8.22. The fourth-order valence-electron chi connectivity index (χ4n) is 4.43. The minimum absolute atomic E-state index is 0.0835. The summed E-state index contributed by atoms with van der Waals surface area (Å²) in [5.41, 5.74) is 13.5. The zero-order valence-electron chi connectivity index (χ0n) is 22.3. The number of imidazole rings is 1. The molecule has 1 amide bonds. The van der Waals surface area contributed by atoms with E-state index in [2.05, 4.69) is 27.2 Å². The number of amides is 1. The standard InChI is InChI=1S/C26H38N7O5P/c1-2-3-4-5-6-7-12-29-22(25(28)34)13-19-8-10-20(11-9-19)38-39(35)18-36-21(15-37-39)14-33-17-32-23-24(27)30-16-31-26(23)33/h8-11,16-17,21-22,29H,2-7,12-15,18H2,1H3,(H2,28,34)(H2,27,30,31)/t21-,22-,39?/m0/s1. The van der Waals surface area contributed by atoms with Crippen LogP contribution in [-0.4, -0.2) is 57.1 Å². The highest BCUT2D eigenvalue weighted by Crippen LogP contribution is 2.51. The number of carbonyl (C=O) groups is 1. The molecule has 1 saturated heterocycles. The molecule has 0 radical (unpaired) electrons. The summed E-state index contributed by atoms with van der Waals surface area (Å²) in [7, 11) is -3.49. The Morgan fingerprint density at radius 3 is 2.67 bits per heavy atom. The van der Waals surface area contributed by atoms with Crippen molar-refractivity contribution < 1.29 is 23.1 Å². The maximum atomic E-state index is 13.1. The van der Waals surface area contributed by atoms with E-state index in [-0.39, 0.29) is 25.0 Å². The molecule has 0 aliphatic carbocycles. The summed E-state index contributed by atoms with van der Waals surface area (Å²) in [6, 6.07) is 6.62. The lowest BCUT2D eigenvalue weighted by Crippen LogP contribution is -2.43. The van der Waals surface area contributed by atoms with Gasteiger partial charge in [0.05, 0.1) is 25.5 Å². The van der Waals surface area contributed by atoms with Crippen LogP contribution in [0, 0.1) is 0 Å². The Kier molecular flexibility index (Phi) is 10.3. The molecule has 3 heterocycles. The van der Waals surface area contributed by atoms with Crippen LogP contribution in [0.15, 0.2) is 36.9 Å². The maximum Gasteiger partial charge on any atom is 0.404 e. The number of primary amides is 1. The lowest BCUT2D eigenvalue weighted by molar-refractivity contribution is -0.120. The van der Waals surface area contributed by atoms with Crippen molar-refractivity contribution in [3.05, 3.63) is 42.5 Å². The van der Waals surface area contributed by atoms with Crippen molar-refractivity contribution in [1.82, 2.24) is 24.8 Å². The van der Waals surface area contributed by atoms with Crippen molar-refractivity contribution >= 4 is 30.5 Å². The molecule has 0 bridgehead atoms. The van der Waals surface area contributed by atoms with Crippen molar-refractivity contribution in [2.24, 2.45) is 5.73 Å². The molecule has 12 nitrogen and oxygen atoms in total. The quantitative estimate of drug-likeness (QED) is 0.185. The van der Waals surface area contributed by atoms with Crippen LogP contribution in [0.1, 0.15) is 51.0 Å². The molecule has 0 spiro atoms. The van der Waals surface area contributed by atoms with Crippen LogP contribution >= 0.6 is 7.60 Å². The number of aromatic nitrogens is 4. The van der Waals surface area contributed by atoms with Crippen LogP contribution in [0.25, 0.3) is 11.2 Å². The van der Waals surface area contributed by atoms with Gasteiger partial charge in [-0.1, -0.05) is 51.2 Å². The Morgan fingerprint density at radius 2 is 1.95 bits per heavy atom. The summed E-state index contributed by atoms with van der Waals surface area (Å²) in [5, 5.41) is 3.27. The van der Waals surface area contributed by atoms with Crippen molar-refractivity contribution in [1.29, 1.82) is 0 Å². The Morgan fingerprint density at radius 1 is 1.18 bits per heavy atom. The molecule has 0 saturated carbocycles. The van der Waals surface area contributed by atoms with Gasteiger partial charge in [0.25, 0.3) is 0 Å². The van der Waals surface area contributed by atoms with Gasteiger partial charge in [-0.3, -0.25) is 9.32 Å². The Balaban J connectivity index is 1.23. The van der Waals surface area contributed by atoms with Gasteiger partial charge in [0, 0.05) is 0 Å². The normalized spacial score (nSPS) is 20.2. The second kappa shape index (κ2) is 13.8. The van der Waals surface area contributed by atoms with Gasteiger partial charge >= 0.3 is 7.60 Å². The van der Waals surface area contributed by atoms with Gasteiger partial charge in [0.1, 0.15) is 23.7 Å². The summed E-state index contributed by atoms with van der Waals surface area (Å²) in [6.07, 6.45) is 10.0. The summed E-state index contributed by atoms with van der Waals surface area (Å²) in [4.78, 5) is 24.3. The van der Waals surface area contributed by atoms with Crippen molar-refractivity contribution in [3.8, 4) is 5.75 Å². The molecule has 3 atom stereocenters. The first-order valence-electron chi connectivity index (χ1n) is 13.4. The van der Waals surface area contributed by atoms with Gasteiger partial charge in [-0.25, -0.2) is 19.5 Å². The van der Waals surface area contributed by atoms with Crippen LogP contribution in [0.2, 0.25) is 0 Å². The number of nitrogens with one attached hydrogen (secondary N) is 1. The van der Waals surface area contributed by atoms with E-state index in [0.29, 0.717) is 35.7 Å². The fourth-order valence-corrected chi connectivity index (χ4v) is 5.84. The second-order valence-corrected chi connectivity index (χ2v) is 11.7. The van der Waals surface area contributed by atoms with Crippen molar-refractivity contribution in [3.63, 3.8) is 0 Å². The zero-order chi connectivity index (χ0) is 27.7. The lowest BCUT2D eigenvalue weighted by Gasteiger charge is -2.29. The van der Waals surface area contributed by atoms with Gasteiger partial charge in [0.2, 0.25) is 5.91 Å². The Bertz CT molecular complexity index is 1260. The molecule has 212 valence electrons. The summed E-state index contributed by atoms with van der Waals surface area (Å²) in [5.74, 6) is 0.318. The van der Waals surface area contributed by atoms with E-state index < -0.39 is 13.6 Å². The van der Waals surface area contributed by atoms with Crippen molar-refractivity contribution in [2.45, 2.75) is 70.6 Å². The molecule has 1 aliphatic heterocycles. The van der Waals surface area contributed by atoms with E-state index in [1.165, 1.54) is 32.0 Å². The number of benzene rings is 1. The predicted molar refractivity (Wildman–Crippen MR) is 148 cm³/mol. The molecule has 5 N–H and O–H groups in total. The van der Waals surface area contributed by atoms with E-state index in [4.69, 9.17) is 25.3 Å². The Labute approximate surface area is 228 Å². The number of carbonyl (C=O) groups excluding carboxylic acids is 1. The summed E-state index contributed by atoms with van der Waals surface area (Å²) < 4.78 is 32.0. The fraction of sp³-hybridized carbons (Fsp3) is 0.538. The SMILES string of the molecule is CCCCCCCCN[C@@H](Cc1ccc(OP2(=O)CO[C@@H](Cn3cnc4c(N)ncnc43)CO2)cc1)C(N)=O. The summed E-state index contributed by atoms with van der Waals surface area (Å²) >= 11 is 0. The largest absolute Gasteiger partial charge is 0.423 e. The number of hydrogen-bond acceptors (Lipinski definition) is 10. The van der Waals surface area contributed by atoms with Crippen LogP contribution in [0.4, 0.5) is 5.82 Å². The lowest BCUT2D eigenvalue weighted by atomic mass is 10.0. The number of unbranched alkanes of at least 4 members (excludes halogenated alkanes) is 5. The molecule has 13 heteroatoms. The van der Waals surface area contributed by atoms with Gasteiger partial charge in [-0.2, -0.15) is 0 Å². The molecule has 1 aliphatic rings. The van der Waals surface area contributed by atoms with Crippen LogP contribution in [0.3, 0.4) is 0 Å². The molecular formula is C26H38N7O5P. The predicted octanol–water partition coefficient (Wildman–Crippen LogP) is 3.40. The van der Waals surface area contributed by atoms with Crippen LogP contribution in [-0.2, 0) is 31.6 Å². The molecule has 1 fully saturated rings. The first-order chi connectivity index (χ1) is 18.9. The van der Waals surface area contributed by atoms with E-state index in [1.54, 1.807) is 23.0 Å². The van der Waals surface area contributed by atoms with Crippen molar-refractivity contribution in [2.75, 3.05) is 25.2 Å². The molecule has 4 rings (SSSR count). The van der Waals surface area contributed by atoms with E-state index in [9.17, 15) is 9.36 Å². The smallest absolute Gasteiger partial charge is 0.404 e. The molecular weight excluding hydrogens is 521 g/mol. The molecule has 1 aromatic carbocycles. The number of hydrogen-bond donors (Lipinski definition) is 3. The van der Waals surface area contributed by atoms with Crippen LogP contribution in [0.5, 0.6) is 5.75 Å². The average molecular weight is 560 g/mol. The highest BCUT2D eigenvalue weighted by Gasteiger charge is 2.35. The second-order valence-electron chi connectivity index (χ2n) is 9.77. The zero-order valence-corrected chi connectivity index (χ0v) is 23.2. The van der Waals surface area contributed by atoms with E-state index >= 15 is 0 Å². The minimum Gasteiger partial charge on any atom is -0.423 e. The third-order valence-corrected chi connectivity index (χ3v) is 8.12. The van der Waals surface area contributed by atoms with Gasteiger partial charge in [-0.05, 0) is 37.1 Å². The van der Waals surface area contributed by atoms with Gasteiger partial charge in [-0.15, -0.1) is 0 Å². The number of ether oxygens (including phenoxy) is 1. The summed E-state index contributed by atoms with van der Waals surface area (Å²) in [6.45, 7) is 3.43. The van der Waals surface area contributed by atoms with E-state index in [0.717, 1.165) is 24.9 Å². The number of anilines is 1. The van der Waals surface area contributed by atoms with E-state index in [1.807, 2.05) is 12.1 Å². The molecule has 3 aromatic rings. The topological polar surface area (TPSA) is 170 Å². The number of nitrogen functional groups attached to an aromatic ring is 1. The number of nitrogens with two attached hydrogens (primary N) is 2. The molecule has 2 aromatic heterocycles. The molecule has 1 unspecified atom stereocenters. The highest BCUT2D eigenvalue weighted by atomic mass is 31.2. The monoisotopic (exact) mass is 559 g/mol. The Hall–Kier alpha value is -3.05. The average Bonchev–Trinajstić information content (AvgIpc) is 3.33. The van der Waals surface area contributed by atoms with Gasteiger partial charge < -0.3 is 30.6 Å². The third-order valence-electron chi connectivity index (χ3n) is 6.63. The number of nitrogens with zero attached hydrogens (tertiary/aromatic N) is 4. The first-order valence-corrected chi connectivity index (χ1v) is 15.2. The highest BCUT2D eigenvalue weighted by molar-refractivity contribution is 7.54. The molecule has 39 heavy (non-hydrogen) atoms. The first kappa shape index (κ1) is 28.9. The number of rotatable bonds is 15. The maximum absolute atomic E-state index is 13.1. The van der Waals surface area contributed by atoms with Crippen LogP contribution < -0.4 is 21.3 Å². The minimum atomic E-state index is -3.49. The van der Waals surface area contributed by atoms with Gasteiger partial charge in [0.15, 0.2) is 17.8 Å².